The Balaban J connectivity index is 1.19. The molecular weight excluding hydrogens is 527 g/mol. The van der Waals surface area contributed by atoms with Gasteiger partial charge in [-0.25, -0.2) is 15.0 Å². The lowest BCUT2D eigenvalue weighted by Gasteiger charge is -2.31. The number of ether oxygens (including phenoxy) is 2. The van der Waals surface area contributed by atoms with Crippen molar-refractivity contribution in [1.82, 2.24) is 35.1 Å². The molecule has 40 heavy (non-hydrogen) atoms. The van der Waals surface area contributed by atoms with Gasteiger partial charge >= 0.3 is 6.18 Å². The summed E-state index contributed by atoms with van der Waals surface area (Å²) in [5, 5.41) is 11.0. The van der Waals surface area contributed by atoms with Crippen LogP contribution in [0.3, 0.4) is 0 Å². The van der Waals surface area contributed by atoms with Crippen molar-refractivity contribution < 1.29 is 22.6 Å². The number of halogens is 3. The lowest BCUT2D eigenvalue weighted by Crippen LogP contribution is -2.37. The summed E-state index contributed by atoms with van der Waals surface area (Å²) in [5.74, 6) is 2.73. The molecule has 4 aromatic heterocycles. The largest absolute Gasteiger partial charge is 0.474 e. The number of alkyl halides is 3. The number of aryl methyl sites for hydroxylation is 1. The van der Waals surface area contributed by atoms with Crippen LogP contribution in [0.1, 0.15) is 37.1 Å². The fraction of sp³-hybridized carbons (Fsp3) is 0.462. The summed E-state index contributed by atoms with van der Waals surface area (Å²) < 4.78 is 50.4. The number of aromatic nitrogens is 7. The van der Waals surface area contributed by atoms with Gasteiger partial charge in [0.1, 0.15) is 17.7 Å². The predicted molar refractivity (Wildman–Crippen MR) is 140 cm³/mol. The molecule has 5 heterocycles. The number of hydrogen-bond acceptors (Lipinski definition) is 10. The quantitative estimate of drug-likeness (QED) is 0.358. The van der Waals surface area contributed by atoms with Crippen LogP contribution in [0.5, 0.6) is 5.88 Å². The second-order valence-corrected chi connectivity index (χ2v) is 9.95. The molecule has 0 spiro atoms. The van der Waals surface area contributed by atoms with Gasteiger partial charge in [-0.3, -0.25) is 10.1 Å². The van der Waals surface area contributed by atoms with Gasteiger partial charge < -0.3 is 19.7 Å². The fourth-order valence-electron chi connectivity index (χ4n) is 4.93. The number of nitrogens with one attached hydrogen (secondary N) is 2. The smallest absolute Gasteiger partial charge is 0.419 e. The Labute approximate surface area is 227 Å². The molecule has 0 unspecified atom stereocenters. The molecule has 2 fully saturated rings. The third-order valence-electron chi connectivity index (χ3n) is 7.09. The molecule has 2 N–H and O–H groups in total. The van der Waals surface area contributed by atoms with Crippen LogP contribution in [0.15, 0.2) is 30.7 Å². The van der Waals surface area contributed by atoms with E-state index in [1.165, 1.54) is 0 Å². The average molecular weight is 556 g/mol. The number of H-pyrrole nitrogens is 1. The first-order chi connectivity index (χ1) is 19.3. The molecule has 0 aromatic carbocycles. The minimum Gasteiger partial charge on any atom is -0.474 e. The van der Waals surface area contributed by atoms with Crippen molar-refractivity contribution in [3.8, 4) is 17.3 Å². The Morgan fingerprint density at radius 1 is 1.00 bits per heavy atom. The molecule has 0 bridgehead atoms. The molecule has 1 saturated carbocycles. The number of aromatic amines is 1. The zero-order valence-corrected chi connectivity index (χ0v) is 21.8. The van der Waals surface area contributed by atoms with Gasteiger partial charge in [0.2, 0.25) is 11.8 Å². The van der Waals surface area contributed by atoms with Crippen LogP contribution in [0.25, 0.3) is 22.3 Å². The van der Waals surface area contributed by atoms with Crippen molar-refractivity contribution in [2.75, 3.05) is 36.5 Å². The second kappa shape index (κ2) is 10.8. The van der Waals surface area contributed by atoms with Crippen molar-refractivity contribution in [1.29, 1.82) is 0 Å². The van der Waals surface area contributed by atoms with Gasteiger partial charge in [0.15, 0.2) is 5.82 Å². The zero-order valence-electron chi connectivity index (χ0n) is 21.8. The van der Waals surface area contributed by atoms with Gasteiger partial charge in [0, 0.05) is 49.4 Å². The van der Waals surface area contributed by atoms with Crippen LogP contribution in [0.4, 0.5) is 24.9 Å². The average Bonchev–Trinajstić information content (AvgIpc) is 3.40. The third-order valence-corrected chi connectivity index (χ3v) is 7.09. The summed E-state index contributed by atoms with van der Waals surface area (Å²) in [7, 11) is 0. The van der Waals surface area contributed by atoms with E-state index in [2.05, 4.69) is 35.4 Å². The van der Waals surface area contributed by atoms with Crippen molar-refractivity contribution >= 4 is 22.7 Å². The summed E-state index contributed by atoms with van der Waals surface area (Å²) in [6.45, 7) is 4.56. The first kappa shape index (κ1) is 26.2. The molecule has 0 amide bonds. The van der Waals surface area contributed by atoms with E-state index in [1.54, 1.807) is 6.20 Å². The zero-order chi connectivity index (χ0) is 27.7. The van der Waals surface area contributed by atoms with E-state index < -0.39 is 11.7 Å². The first-order valence-electron chi connectivity index (χ1n) is 13.2. The van der Waals surface area contributed by atoms with Gasteiger partial charge in [-0.05, 0) is 38.7 Å². The summed E-state index contributed by atoms with van der Waals surface area (Å²) in [6.07, 6.45) is 1.75. The number of hydrogen-bond donors (Lipinski definition) is 2. The Bertz CT molecular complexity index is 1460. The maximum Gasteiger partial charge on any atom is 0.419 e. The maximum absolute atomic E-state index is 12.8. The SMILES string of the molecule is Cc1nc(-c2cnc3cc(N4CCOCC4)nc(OC4CCC(Nc5ncc(C(F)(F)F)cn5)CC4)c3c2)n[nH]1. The van der Waals surface area contributed by atoms with Crippen LogP contribution in [0, 0.1) is 6.92 Å². The number of fused-ring (bicyclic) bond motifs is 1. The van der Waals surface area contributed by atoms with Crippen LogP contribution in [-0.4, -0.2) is 73.6 Å². The Morgan fingerprint density at radius 3 is 2.42 bits per heavy atom. The van der Waals surface area contributed by atoms with E-state index >= 15 is 0 Å². The topological polar surface area (TPSA) is 127 Å². The molecule has 0 atom stereocenters. The van der Waals surface area contributed by atoms with E-state index in [0.29, 0.717) is 30.7 Å². The molecule has 11 nitrogen and oxygen atoms in total. The first-order valence-corrected chi connectivity index (χ1v) is 13.2. The van der Waals surface area contributed by atoms with Gasteiger partial charge in [-0.2, -0.15) is 23.3 Å². The standard InChI is InChI=1S/C26H28F3N9O2/c1-15-33-23(37-36-15)16-10-20-21(30-12-16)11-22(38-6-8-39-9-7-38)35-24(20)40-19-4-2-18(3-5-19)34-25-31-13-17(14-32-25)26(27,28)29/h10-14,18-19H,2-9H2,1H3,(H,31,32,34)(H,33,36,37). The monoisotopic (exact) mass is 555 g/mol. The predicted octanol–water partition coefficient (Wildman–Crippen LogP) is 4.17. The number of anilines is 2. The highest BCUT2D eigenvalue weighted by atomic mass is 19.4. The van der Waals surface area contributed by atoms with Crippen molar-refractivity contribution in [3.63, 3.8) is 0 Å². The fourth-order valence-corrected chi connectivity index (χ4v) is 4.93. The highest BCUT2D eigenvalue weighted by Gasteiger charge is 2.31. The number of pyridine rings is 2. The van der Waals surface area contributed by atoms with Gasteiger partial charge in [0.05, 0.1) is 29.7 Å². The summed E-state index contributed by atoms with van der Waals surface area (Å²) >= 11 is 0. The Kier molecular flexibility index (Phi) is 7.09. The van der Waals surface area contributed by atoms with E-state index in [-0.39, 0.29) is 18.1 Å². The van der Waals surface area contributed by atoms with Crippen molar-refractivity contribution in [3.05, 3.63) is 42.1 Å². The third kappa shape index (κ3) is 5.76. The van der Waals surface area contributed by atoms with Crippen LogP contribution in [-0.2, 0) is 10.9 Å². The molecular formula is C26H28F3N9O2. The van der Waals surface area contributed by atoms with Crippen molar-refractivity contribution in [2.45, 2.75) is 50.9 Å². The van der Waals surface area contributed by atoms with E-state index in [1.807, 2.05) is 19.1 Å². The van der Waals surface area contributed by atoms with Crippen LogP contribution in [0.2, 0.25) is 0 Å². The maximum atomic E-state index is 12.8. The molecule has 1 aliphatic heterocycles. The lowest BCUT2D eigenvalue weighted by atomic mass is 9.93. The summed E-state index contributed by atoms with van der Waals surface area (Å²) in [5.41, 5.74) is 0.648. The van der Waals surface area contributed by atoms with Gasteiger partial charge in [-0.1, -0.05) is 0 Å². The van der Waals surface area contributed by atoms with Crippen LogP contribution >= 0.6 is 0 Å². The molecule has 14 heteroatoms. The summed E-state index contributed by atoms with van der Waals surface area (Å²) in [6, 6.07) is 3.94. The molecule has 2 aliphatic rings. The van der Waals surface area contributed by atoms with Gasteiger partial charge in [0.25, 0.3) is 0 Å². The molecule has 210 valence electrons. The molecule has 1 saturated heterocycles. The molecule has 4 aromatic rings. The number of nitrogens with zero attached hydrogens (tertiary/aromatic N) is 7. The normalized spacial score (nSPS) is 20.1. The Hall–Kier alpha value is -4.07. The molecule has 1 aliphatic carbocycles. The summed E-state index contributed by atoms with van der Waals surface area (Å²) in [4.78, 5) is 23.8. The van der Waals surface area contributed by atoms with E-state index in [9.17, 15) is 13.2 Å². The second-order valence-electron chi connectivity index (χ2n) is 9.95. The minimum absolute atomic E-state index is 0.0308. The molecule has 6 rings (SSSR count). The number of morpholine rings is 1. The number of rotatable bonds is 6. The van der Waals surface area contributed by atoms with E-state index in [0.717, 1.165) is 73.5 Å². The molecule has 0 radical (unpaired) electrons. The highest BCUT2D eigenvalue weighted by molar-refractivity contribution is 5.88. The lowest BCUT2D eigenvalue weighted by molar-refractivity contribution is -0.138. The van der Waals surface area contributed by atoms with Crippen molar-refractivity contribution in [2.24, 2.45) is 0 Å². The van der Waals surface area contributed by atoms with Crippen LogP contribution < -0.4 is 15.0 Å². The van der Waals surface area contributed by atoms with Gasteiger partial charge in [-0.15, -0.1) is 0 Å². The Morgan fingerprint density at radius 2 is 1.75 bits per heavy atom. The minimum atomic E-state index is -4.46. The van der Waals surface area contributed by atoms with E-state index in [4.69, 9.17) is 19.4 Å². The highest BCUT2D eigenvalue weighted by Crippen LogP contribution is 2.33.